The van der Waals surface area contributed by atoms with Gasteiger partial charge in [-0.1, -0.05) is 29.8 Å². The standard InChI is InChI=1S/C22H24ClN3O4/c1-29-13-11-25(12-14-30-2)20-19(16-6-8-17(23)9-7-16)21(27)26(22(20)28)15-18-5-3-4-10-24-18/h3-10H,11-15H2,1-2H3. The van der Waals surface area contributed by atoms with Crippen LogP contribution in [0.3, 0.4) is 0 Å². The van der Waals surface area contributed by atoms with Crippen molar-refractivity contribution in [2.24, 2.45) is 0 Å². The number of rotatable bonds is 10. The summed E-state index contributed by atoms with van der Waals surface area (Å²) in [4.78, 5) is 34.1. The second-order valence-electron chi connectivity index (χ2n) is 6.72. The Labute approximate surface area is 180 Å². The number of halogens is 1. The van der Waals surface area contributed by atoms with Crippen molar-refractivity contribution in [1.29, 1.82) is 0 Å². The minimum Gasteiger partial charge on any atom is -0.383 e. The van der Waals surface area contributed by atoms with E-state index in [-0.39, 0.29) is 18.4 Å². The number of amides is 2. The Bertz CT molecular complexity index is 908. The van der Waals surface area contributed by atoms with Gasteiger partial charge in [-0.3, -0.25) is 19.5 Å². The van der Waals surface area contributed by atoms with Crippen LogP contribution in [-0.4, -0.2) is 67.1 Å². The molecule has 0 N–H and O–H groups in total. The van der Waals surface area contributed by atoms with E-state index in [1.54, 1.807) is 56.8 Å². The van der Waals surface area contributed by atoms with Gasteiger partial charge in [0.15, 0.2) is 0 Å². The van der Waals surface area contributed by atoms with Crippen LogP contribution in [0.1, 0.15) is 11.3 Å². The highest BCUT2D eigenvalue weighted by Gasteiger charge is 2.41. The first-order valence-electron chi connectivity index (χ1n) is 9.56. The van der Waals surface area contributed by atoms with Gasteiger partial charge in [0.25, 0.3) is 11.8 Å². The Hall–Kier alpha value is -2.74. The third kappa shape index (κ3) is 4.87. The highest BCUT2D eigenvalue weighted by atomic mass is 35.5. The van der Waals surface area contributed by atoms with E-state index in [1.165, 1.54) is 4.90 Å². The summed E-state index contributed by atoms with van der Waals surface area (Å²) >= 11 is 6.03. The van der Waals surface area contributed by atoms with Gasteiger partial charge in [0.05, 0.1) is 31.0 Å². The van der Waals surface area contributed by atoms with Crippen LogP contribution < -0.4 is 0 Å². The molecule has 1 aliphatic heterocycles. The molecule has 2 heterocycles. The molecule has 0 atom stereocenters. The van der Waals surface area contributed by atoms with E-state index in [1.807, 2.05) is 11.0 Å². The normalized spacial score (nSPS) is 14.0. The molecule has 7 nitrogen and oxygen atoms in total. The molecule has 0 saturated carbocycles. The van der Waals surface area contributed by atoms with Gasteiger partial charge in [-0.05, 0) is 29.8 Å². The monoisotopic (exact) mass is 429 g/mol. The second kappa shape index (κ2) is 10.3. The van der Waals surface area contributed by atoms with Gasteiger partial charge >= 0.3 is 0 Å². The lowest BCUT2D eigenvalue weighted by molar-refractivity contribution is -0.138. The number of aromatic nitrogens is 1. The minimum atomic E-state index is -0.359. The van der Waals surface area contributed by atoms with Gasteiger partial charge in [-0.15, -0.1) is 0 Å². The topological polar surface area (TPSA) is 72.0 Å². The summed E-state index contributed by atoms with van der Waals surface area (Å²) in [5.74, 6) is -0.717. The smallest absolute Gasteiger partial charge is 0.278 e. The molecular formula is C22H24ClN3O4. The van der Waals surface area contributed by atoms with Crippen molar-refractivity contribution in [2.45, 2.75) is 6.54 Å². The number of imide groups is 1. The van der Waals surface area contributed by atoms with E-state index >= 15 is 0 Å². The lowest BCUT2D eigenvalue weighted by Gasteiger charge is -2.25. The van der Waals surface area contributed by atoms with Gasteiger partial charge < -0.3 is 14.4 Å². The minimum absolute atomic E-state index is 0.0987. The summed E-state index contributed by atoms with van der Waals surface area (Å²) in [5.41, 5.74) is 1.96. The molecule has 1 aromatic heterocycles. The summed E-state index contributed by atoms with van der Waals surface area (Å²) in [7, 11) is 3.19. The average Bonchev–Trinajstić information content (AvgIpc) is 3.00. The number of benzene rings is 1. The molecular weight excluding hydrogens is 406 g/mol. The van der Waals surface area contributed by atoms with Crippen molar-refractivity contribution in [3.05, 3.63) is 70.6 Å². The first kappa shape index (κ1) is 22.0. The van der Waals surface area contributed by atoms with Crippen LogP contribution in [0.15, 0.2) is 54.4 Å². The van der Waals surface area contributed by atoms with Crippen LogP contribution in [0, 0.1) is 0 Å². The van der Waals surface area contributed by atoms with Crippen LogP contribution in [0.2, 0.25) is 5.02 Å². The van der Waals surface area contributed by atoms with Gasteiger partial charge in [-0.25, -0.2) is 0 Å². The van der Waals surface area contributed by atoms with E-state index in [0.29, 0.717) is 53.9 Å². The second-order valence-corrected chi connectivity index (χ2v) is 7.16. The summed E-state index contributed by atoms with van der Waals surface area (Å²) in [6, 6.07) is 12.3. The number of ether oxygens (including phenoxy) is 2. The fourth-order valence-corrected chi connectivity index (χ4v) is 3.39. The number of hydrogen-bond donors (Lipinski definition) is 0. The van der Waals surface area contributed by atoms with E-state index in [4.69, 9.17) is 21.1 Å². The third-order valence-electron chi connectivity index (χ3n) is 4.77. The Kier molecular flexibility index (Phi) is 7.57. The zero-order valence-electron chi connectivity index (χ0n) is 17.0. The maximum atomic E-state index is 13.4. The molecule has 158 valence electrons. The molecule has 1 aromatic carbocycles. The first-order chi connectivity index (χ1) is 14.6. The van der Waals surface area contributed by atoms with Gasteiger partial charge in [-0.2, -0.15) is 0 Å². The molecule has 0 radical (unpaired) electrons. The molecule has 8 heteroatoms. The quantitative estimate of drug-likeness (QED) is 0.541. The lowest BCUT2D eigenvalue weighted by Crippen LogP contribution is -2.37. The average molecular weight is 430 g/mol. The van der Waals surface area contributed by atoms with Crippen molar-refractivity contribution in [1.82, 2.24) is 14.8 Å². The number of pyridine rings is 1. The molecule has 0 fully saturated rings. The predicted molar refractivity (Wildman–Crippen MR) is 113 cm³/mol. The van der Waals surface area contributed by atoms with Gasteiger partial charge in [0, 0.05) is 38.5 Å². The number of hydrogen-bond acceptors (Lipinski definition) is 6. The van der Waals surface area contributed by atoms with E-state index in [0.717, 1.165) is 0 Å². The summed E-state index contributed by atoms with van der Waals surface area (Å²) in [6.07, 6.45) is 1.64. The number of carbonyl (C=O) groups is 2. The van der Waals surface area contributed by atoms with Crippen LogP contribution in [0.5, 0.6) is 0 Å². The van der Waals surface area contributed by atoms with Crippen molar-refractivity contribution in [2.75, 3.05) is 40.5 Å². The number of methoxy groups -OCH3 is 2. The summed E-state index contributed by atoms with van der Waals surface area (Å²) in [5, 5.41) is 0.554. The SMILES string of the molecule is COCCN(CCOC)C1=C(c2ccc(Cl)cc2)C(=O)N(Cc2ccccn2)C1=O. The first-order valence-corrected chi connectivity index (χ1v) is 9.93. The molecule has 1 aliphatic rings. The molecule has 0 unspecified atom stereocenters. The van der Waals surface area contributed by atoms with Crippen molar-refractivity contribution in [3.63, 3.8) is 0 Å². The zero-order chi connectivity index (χ0) is 21.5. The predicted octanol–water partition coefficient (Wildman–Crippen LogP) is 2.61. The maximum Gasteiger partial charge on any atom is 0.278 e. The van der Waals surface area contributed by atoms with Crippen LogP contribution >= 0.6 is 11.6 Å². The van der Waals surface area contributed by atoms with Crippen LogP contribution in [-0.2, 0) is 25.6 Å². The Morgan fingerprint density at radius 1 is 0.967 bits per heavy atom. The van der Waals surface area contributed by atoms with Gasteiger partial charge in [0.2, 0.25) is 0 Å². The molecule has 3 rings (SSSR count). The molecule has 2 amide bonds. The fraction of sp³-hybridized carbons (Fsp3) is 0.318. The largest absolute Gasteiger partial charge is 0.383 e. The van der Waals surface area contributed by atoms with Crippen LogP contribution in [0.25, 0.3) is 5.57 Å². The van der Waals surface area contributed by atoms with Gasteiger partial charge in [0.1, 0.15) is 5.70 Å². The molecule has 2 aromatic rings. The molecule has 0 aliphatic carbocycles. The zero-order valence-corrected chi connectivity index (χ0v) is 17.8. The maximum absolute atomic E-state index is 13.4. The van der Waals surface area contributed by atoms with E-state index < -0.39 is 0 Å². The molecule has 0 saturated heterocycles. The van der Waals surface area contributed by atoms with E-state index in [9.17, 15) is 9.59 Å². The summed E-state index contributed by atoms with van der Waals surface area (Å²) < 4.78 is 10.4. The lowest BCUT2D eigenvalue weighted by atomic mass is 10.0. The summed E-state index contributed by atoms with van der Waals surface area (Å²) in [6.45, 7) is 1.80. The number of nitrogens with zero attached hydrogens (tertiary/aromatic N) is 3. The fourth-order valence-electron chi connectivity index (χ4n) is 3.27. The van der Waals surface area contributed by atoms with E-state index in [2.05, 4.69) is 4.98 Å². The molecule has 0 bridgehead atoms. The highest BCUT2D eigenvalue weighted by Crippen LogP contribution is 2.33. The highest BCUT2D eigenvalue weighted by molar-refractivity contribution is 6.35. The van der Waals surface area contributed by atoms with Crippen molar-refractivity contribution >= 4 is 29.0 Å². The Morgan fingerprint density at radius 3 is 2.20 bits per heavy atom. The third-order valence-corrected chi connectivity index (χ3v) is 5.02. The van der Waals surface area contributed by atoms with Crippen molar-refractivity contribution < 1.29 is 19.1 Å². The Balaban J connectivity index is 2.03. The molecule has 30 heavy (non-hydrogen) atoms. The Morgan fingerprint density at radius 2 is 1.63 bits per heavy atom. The van der Waals surface area contributed by atoms with Crippen molar-refractivity contribution in [3.8, 4) is 0 Å². The number of carbonyl (C=O) groups excluding carboxylic acids is 2. The van der Waals surface area contributed by atoms with Crippen LogP contribution in [0.4, 0.5) is 0 Å². The molecule has 0 spiro atoms.